The SMILES string of the molecule is COC(C)(C)CC(=O)Nc1cc(Br)ccc1C. The second-order valence-electron chi connectivity index (χ2n) is 4.65. The average molecular weight is 300 g/mol. The van der Waals surface area contributed by atoms with Gasteiger partial charge in [0.15, 0.2) is 0 Å². The van der Waals surface area contributed by atoms with E-state index in [0.29, 0.717) is 6.42 Å². The molecule has 0 unspecified atom stereocenters. The van der Waals surface area contributed by atoms with E-state index in [4.69, 9.17) is 4.74 Å². The van der Waals surface area contributed by atoms with Crippen LogP contribution in [0.4, 0.5) is 5.69 Å². The van der Waals surface area contributed by atoms with Gasteiger partial charge in [-0.25, -0.2) is 0 Å². The number of benzene rings is 1. The highest BCUT2D eigenvalue weighted by Crippen LogP contribution is 2.22. The molecule has 0 saturated carbocycles. The molecule has 1 N–H and O–H groups in total. The molecule has 1 rings (SSSR count). The zero-order valence-electron chi connectivity index (χ0n) is 10.6. The Kier molecular flexibility index (Phi) is 4.71. The van der Waals surface area contributed by atoms with E-state index in [1.54, 1.807) is 7.11 Å². The number of amides is 1. The fourth-order valence-electron chi connectivity index (χ4n) is 1.38. The Bertz CT molecular complexity index is 416. The lowest BCUT2D eigenvalue weighted by Gasteiger charge is -2.22. The number of ether oxygens (including phenoxy) is 1. The zero-order valence-corrected chi connectivity index (χ0v) is 12.2. The van der Waals surface area contributed by atoms with Crippen LogP contribution in [0.2, 0.25) is 0 Å². The minimum Gasteiger partial charge on any atom is -0.378 e. The molecule has 1 aromatic rings. The molecule has 94 valence electrons. The Morgan fingerprint density at radius 2 is 2.12 bits per heavy atom. The number of hydrogen-bond acceptors (Lipinski definition) is 2. The van der Waals surface area contributed by atoms with Gasteiger partial charge in [0.05, 0.1) is 12.0 Å². The van der Waals surface area contributed by atoms with E-state index < -0.39 is 5.60 Å². The van der Waals surface area contributed by atoms with Crippen molar-refractivity contribution in [1.82, 2.24) is 0 Å². The molecule has 0 aromatic heterocycles. The van der Waals surface area contributed by atoms with Crippen LogP contribution in [-0.4, -0.2) is 18.6 Å². The second kappa shape index (κ2) is 5.65. The van der Waals surface area contributed by atoms with Gasteiger partial charge >= 0.3 is 0 Å². The summed E-state index contributed by atoms with van der Waals surface area (Å²) in [6.07, 6.45) is 0.329. The molecule has 0 heterocycles. The summed E-state index contributed by atoms with van der Waals surface area (Å²) >= 11 is 3.39. The molecule has 0 aliphatic rings. The lowest BCUT2D eigenvalue weighted by Crippen LogP contribution is -2.29. The van der Waals surface area contributed by atoms with Crippen molar-refractivity contribution in [3.8, 4) is 0 Å². The van der Waals surface area contributed by atoms with Crippen LogP contribution < -0.4 is 5.32 Å². The van der Waals surface area contributed by atoms with E-state index in [1.807, 2.05) is 39.0 Å². The van der Waals surface area contributed by atoms with Gasteiger partial charge in [-0.15, -0.1) is 0 Å². The van der Waals surface area contributed by atoms with Gasteiger partial charge in [0.1, 0.15) is 0 Å². The third-order valence-corrected chi connectivity index (χ3v) is 3.11. The molecule has 1 aromatic carbocycles. The predicted octanol–water partition coefficient (Wildman–Crippen LogP) is 3.51. The van der Waals surface area contributed by atoms with E-state index in [9.17, 15) is 4.79 Å². The third kappa shape index (κ3) is 4.48. The number of carbonyl (C=O) groups excluding carboxylic acids is 1. The van der Waals surface area contributed by atoms with Gasteiger partial charge in [0, 0.05) is 17.3 Å². The van der Waals surface area contributed by atoms with Crippen LogP contribution in [0, 0.1) is 6.92 Å². The van der Waals surface area contributed by atoms with Crippen LogP contribution in [0.5, 0.6) is 0 Å². The topological polar surface area (TPSA) is 38.3 Å². The molecular formula is C13H18BrNO2. The summed E-state index contributed by atoms with van der Waals surface area (Å²) in [4.78, 5) is 11.8. The van der Waals surface area contributed by atoms with E-state index in [0.717, 1.165) is 15.7 Å². The van der Waals surface area contributed by atoms with Gasteiger partial charge in [-0.3, -0.25) is 4.79 Å². The highest BCUT2D eigenvalue weighted by atomic mass is 79.9. The summed E-state index contributed by atoms with van der Waals surface area (Å²) in [7, 11) is 1.61. The molecule has 0 radical (unpaired) electrons. The van der Waals surface area contributed by atoms with Crippen molar-refractivity contribution in [2.45, 2.75) is 32.8 Å². The maximum atomic E-state index is 11.8. The maximum Gasteiger partial charge on any atom is 0.227 e. The Hall–Kier alpha value is -0.870. The smallest absolute Gasteiger partial charge is 0.227 e. The molecule has 0 fully saturated rings. The number of methoxy groups -OCH3 is 1. The molecule has 1 amide bonds. The number of aryl methyl sites for hydroxylation is 1. The molecule has 3 nitrogen and oxygen atoms in total. The van der Waals surface area contributed by atoms with Crippen LogP contribution >= 0.6 is 15.9 Å². The van der Waals surface area contributed by atoms with Crippen molar-refractivity contribution < 1.29 is 9.53 Å². The standard InChI is InChI=1S/C13H18BrNO2/c1-9-5-6-10(14)7-11(9)15-12(16)8-13(2,3)17-4/h5-7H,8H2,1-4H3,(H,15,16). The lowest BCUT2D eigenvalue weighted by atomic mass is 10.0. The first kappa shape index (κ1) is 14.2. The quantitative estimate of drug-likeness (QED) is 0.924. The van der Waals surface area contributed by atoms with E-state index >= 15 is 0 Å². The fourth-order valence-corrected chi connectivity index (χ4v) is 1.74. The van der Waals surface area contributed by atoms with Gasteiger partial charge in [-0.1, -0.05) is 22.0 Å². The average Bonchev–Trinajstić information content (AvgIpc) is 2.23. The number of anilines is 1. The lowest BCUT2D eigenvalue weighted by molar-refractivity contribution is -0.121. The molecular weight excluding hydrogens is 282 g/mol. The first-order valence-corrected chi connectivity index (χ1v) is 6.24. The first-order valence-electron chi connectivity index (χ1n) is 5.45. The van der Waals surface area contributed by atoms with Crippen LogP contribution in [0.3, 0.4) is 0 Å². The number of nitrogens with one attached hydrogen (secondary N) is 1. The summed E-state index contributed by atoms with van der Waals surface area (Å²) < 4.78 is 6.18. The number of carbonyl (C=O) groups is 1. The molecule has 0 aliphatic heterocycles. The summed E-state index contributed by atoms with van der Waals surface area (Å²) in [6.45, 7) is 5.74. The largest absolute Gasteiger partial charge is 0.378 e. The zero-order chi connectivity index (χ0) is 13.1. The minimum absolute atomic E-state index is 0.0435. The van der Waals surface area contributed by atoms with Crippen molar-refractivity contribution in [3.05, 3.63) is 28.2 Å². The maximum absolute atomic E-state index is 11.8. The van der Waals surface area contributed by atoms with Gasteiger partial charge < -0.3 is 10.1 Å². The van der Waals surface area contributed by atoms with E-state index in [2.05, 4.69) is 21.2 Å². The Balaban J connectivity index is 2.71. The third-order valence-electron chi connectivity index (χ3n) is 2.61. The summed E-state index contributed by atoms with van der Waals surface area (Å²) in [5, 5.41) is 2.89. The summed E-state index contributed by atoms with van der Waals surface area (Å²) in [5.41, 5.74) is 1.43. The number of hydrogen-bond donors (Lipinski definition) is 1. The van der Waals surface area contributed by atoms with E-state index in [1.165, 1.54) is 0 Å². The highest BCUT2D eigenvalue weighted by molar-refractivity contribution is 9.10. The van der Waals surface area contributed by atoms with Crippen molar-refractivity contribution in [2.24, 2.45) is 0 Å². The van der Waals surface area contributed by atoms with E-state index in [-0.39, 0.29) is 5.91 Å². The van der Waals surface area contributed by atoms with Crippen molar-refractivity contribution in [3.63, 3.8) is 0 Å². The second-order valence-corrected chi connectivity index (χ2v) is 5.56. The van der Waals surface area contributed by atoms with Crippen molar-refractivity contribution >= 4 is 27.5 Å². The van der Waals surface area contributed by atoms with Crippen molar-refractivity contribution in [1.29, 1.82) is 0 Å². The van der Waals surface area contributed by atoms with Gasteiger partial charge in [-0.2, -0.15) is 0 Å². The molecule has 0 saturated heterocycles. The molecule has 0 aliphatic carbocycles. The summed E-state index contributed by atoms with van der Waals surface area (Å²) in [6, 6.07) is 5.80. The van der Waals surface area contributed by atoms with Gasteiger partial charge in [-0.05, 0) is 38.5 Å². The van der Waals surface area contributed by atoms with Crippen LogP contribution in [-0.2, 0) is 9.53 Å². The van der Waals surface area contributed by atoms with Gasteiger partial charge in [0.25, 0.3) is 0 Å². The molecule has 17 heavy (non-hydrogen) atoms. The Morgan fingerprint density at radius 1 is 1.47 bits per heavy atom. The highest BCUT2D eigenvalue weighted by Gasteiger charge is 2.21. The summed E-state index contributed by atoms with van der Waals surface area (Å²) in [5.74, 6) is -0.0435. The van der Waals surface area contributed by atoms with Crippen LogP contribution in [0.1, 0.15) is 25.8 Å². The number of halogens is 1. The minimum atomic E-state index is -0.440. The fraction of sp³-hybridized carbons (Fsp3) is 0.462. The van der Waals surface area contributed by atoms with Crippen LogP contribution in [0.15, 0.2) is 22.7 Å². The molecule has 0 bridgehead atoms. The monoisotopic (exact) mass is 299 g/mol. The normalized spacial score (nSPS) is 11.4. The molecule has 0 spiro atoms. The molecule has 0 atom stereocenters. The number of rotatable bonds is 4. The Labute approximate surface area is 111 Å². The first-order chi connectivity index (χ1) is 7.84. The van der Waals surface area contributed by atoms with Gasteiger partial charge in [0.2, 0.25) is 5.91 Å². The van der Waals surface area contributed by atoms with Crippen molar-refractivity contribution in [2.75, 3.05) is 12.4 Å². The molecule has 4 heteroatoms. The predicted molar refractivity (Wildman–Crippen MR) is 73.2 cm³/mol. The van der Waals surface area contributed by atoms with Crippen LogP contribution in [0.25, 0.3) is 0 Å². The Morgan fingerprint density at radius 3 is 2.71 bits per heavy atom.